The molecule has 0 aromatic heterocycles. The van der Waals surface area contributed by atoms with Crippen LogP contribution < -0.4 is 24.8 Å². The molecule has 0 atom stereocenters. The summed E-state index contributed by atoms with van der Waals surface area (Å²) < 4.78 is 0. The smallest absolute Gasteiger partial charge is 0 e. The molecule has 0 saturated carbocycles. The van der Waals surface area contributed by atoms with Crippen molar-refractivity contribution in [2.45, 2.75) is 26.7 Å². The maximum Gasteiger partial charge on any atom is 0 e. The summed E-state index contributed by atoms with van der Waals surface area (Å²) in [5.41, 5.74) is 2.55. The topological polar surface area (TPSA) is 0 Å². The summed E-state index contributed by atoms with van der Waals surface area (Å²) in [5.74, 6) is 0. The standard InChI is InChI=1S/2C6H7.2CH3.2ClH.Hf.H3Si/c2*1-6-4-2-3-5-6;;;;;;/h2*2,4H,3H2,1H3;2*1H3;2*1H;;1H3/q4*-1;;;;/p-2. The van der Waals surface area contributed by atoms with E-state index in [1.165, 1.54) is 11.1 Å². The van der Waals surface area contributed by atoms with Crippen LogP contribution in [0.15, 0.2) is 35.5 Å². The van der Waals surface area contributed by atoms with Gasteiger partial charge in [0, 0.05) is 25.8 Å². The Bertz CT molecular complexity index is 235. The third-order valence-electron chi connectivity index (χ3n) is 1.73. The third-order valence-corrected chi connectivity index (χ3v) is 1.73. The van der Waals surface area contributed by atoms with Gasteiger partial charge in [0.05, 0.1) is 0 Å². The molecule has 18 heavy (non-hydrogen) atoms. The van der Waals surface area contributed by atoms with Crippen molar-refractivity contribution in [1.82, 2.24) is 0 Å². The van der Waals surface area contributed by atoms with Gasteiger partial charge in [-0.15, -0.1) is 12.8 Å². The molecule has 0 nitrogen and oxygen atoms in total. The molecule has 0 spiro atoms. The van der Waals surface area contributed by atoms with Crippen LogP contribution in [0.1, 0.15) is 26.7 Å². The van der Waals surface area contributed by atoms with Gasteiger partial charge in [0.1, 0.15) is 0 Å². The minimum Gasteiger partial charge on any atom is -1.00 e. The molecule has 0 heterocycles. The molecule has 0 N–H and O–H groups in total. The van der Waals surface area contributed by atoms with Gasteiger partial charge in [-0.1, -0.05) is 13.8 Å². The number of hydrogen-bond acceptors (Lipinski definition) is 0. The Morgan fingerprint density at radius 2 is 1.11 bits per heavy atom. The van der Waals surface area contributed by atoms with E-state index in [0.717, 1.165) is 12.8 Å². The fourth-order valence-corrected chi connectivity index (χ4v) is 1.03. The van der Waals surface area contributed by atoms with Gasteiger partial charge < -0.3 is 39.7 Å². The van der Waals surface area contributed by atoms with Crippen LogP contribution in [0.5, 0.6) is 0 Å². The van der Waals surface area contributed by atoms with Crippen molar-refractivity contribution in [3.05, 3.63) is 62.5 Å². The van der Waals surface area contributed by atoms with E-state index in [1.807, 2.05) is 0 Å². The van der Waals surface area contributed by atoms with E-state index in [-0.39, 0.29) is 76.5 Å². The maximum absolute atomic E-state index is 3.12. The van der Waals surface area contributed by atoms with Gasteiger partial charge in [0.25, 0.3) is 0 Å². The summed E-state index contributed by atoms with van der Waals surface area (Å²) in [7, 11) is 0. The van der Waals surface area contributed by atoms with Gasteiger partial charge in [0.15, 0.2) is 0 Å². The Balaban J connectivity index is -0.0000000300. The van der Waals surface area contributed by atoms with Gasteiger partial charge in [-0.05, 0) is 11.0 Å². The molecule has 0 aliphatic heterocycles. The summed E-state index contributed by atoms with van der Waals surface area (Å²) in [6.45, 7) is 4.12. The zero-order valence-electron chi connectivity index (χ0n) is 12.0. The molecular weight excluding hydrogens is 446 g/mol. The normalized spacial score (nSPS) is 12.3. The van der Waals surface area contributed by atoms with Crippen molar-refractivity contribution >= 4 is 11.0 Å². The van der Waals surface area contributed by atoms with Crippen molar-refractivity contribution in [3.63, 3.8) is 0 Å². The Kier molecular flexibility index (Phi) is 45.9. The average Bonchev–Trinajstić information content (AvgIpc) is 2.63. The van der Waals surface area contributed by atoms with E-state index in [9.17, 15) is 0 Å². The Hall–Kier alpha value is 0.627. The van der Waals surface area contributed by atoms with E-state index in [1.54, 1.807) is 0 Å². The summed E-state index contributed by atoms with van der Waals surface area (Å²) in [5, 5.41) is 0. The van der Waals surface area contributed by atoms with Gasteiger partial charge in [-0.2, -0.15) is 12.2 Å². The molecule has 2 aliphatic rings. The average molecular weight is 469 g/mol. The predicted octanol–water partition coefficient (Wildman–Crippen LogP) is -2.89. The van der Waals surface area contributed by atoms with Crippen molar-refractivity contribution in [2.24, 2.45) is 0 Å². The molecule has 0 bridgehead atoms. The maximum atomic E-state index is 3.12. The first kappa shape index (κ1) is 36.3. The first-order valence-electron chi connectivity index (χ1n) is 4.27. The zero-order chi connectivity index (χ0) is 8.81. The van der Waals surface area contributed by atoms with Gasteiger partial charge in [-0.3, -0.25) is 12.2 Å². The third kappa shape index (κ3) is 19.0. The number of allylic oxidation sites excluding steroid dienone is 8. The second kappa shape index (κ2) is 22.8. The monoisotopic (exact) mass is 469 g/mol. The van der Waals surface area contributed by atoms with E-state index in [2.05, 4.69) is 50.3 Å². The molecule has 0 fully saturated rings. The van der Waals surface area contributed by atoms with Crippen LogP contribution in [0.25, 0.3) is 0 Å². The Morgan fingerprint density at radius 3 is 1.17 bits per heavy atom. The predicted molar refractivity (Wildman–Crippen MR) is 75.1 cm³/mol. The Labute approximate surface area is 150 Å². The van der Waals surface area contributed by atoms with Gasteiger partial charge in [-0.25, -0.2) is 23.3 Å². The molecule has 2 aliphatic carbocycles. The minimum absolute atomic E-state index is 0. The van der Waals surface area contributed by atoms with Crippen LogP contribution in [0.4, 0.5) is 0 Å². The van der Waals surface area contributed by atoms with E-state index < -0.39 is 0 Å². The molecule has 0 amide bonds. The molecule has 0 saturated heterocycles. The molecule has 4 heteroatoms. The molecule has 0 aromatic carbocycles. The quantitative estimate of drug-likeness (QED) is 0.265. The van der Waals surface area contributed by atoms with Gasteiger partial charge >= 0.3 is 0 Å². The zero-order valence-corrected chi connectivity index (χ0v) is 19.1. The van der Waals surface area contributed by atoms with Crippen molar-refractivity contribution in [1.29, 1.82) is 0 Å². The van der Waals surface area contributed by atoms with Crippen LogP contribution in [0.3, 0.4) is 0 Å². The summed E-state index contributed by atoms with van der Waals surface area (Å²) >= 11 is 0. The summed E-state index contributed by atoms with van der Waals surface area (Å²) in [6, 6.07) is 0. The van der Waals surface area contributed by atoms with Crippen LogP contribution >= 0.6 is 0 Å². The first-order valence-corrected chi connectivity index (χ1v) is 4.27. The Morgan fingerprint density at radius 1 is 0.833 bits per heavy atom. The molecule has 1 radical (unpaired) electrons. The SMILES string of the molecule is CC1=[C-]CC=C1.CC1=[C-]CC=C1.[CH3-].[CH3-].[Cl-].[Cl-].[Hf].[SiH3]. The van der Waals surface area contributed by atoms with Crippen molar-refractivity contribution in [2.75, 3.05) is 0 Å². The first-order chi connectivity index (χ1) is 5.79. The van der Waals surface area contributed by atoms with Gasteiger partial charge in [0.2, 0.25) is 0 Å². The molecule has 0 aromatic rings. The largest absolute Gasteiger partial charge is 1.00 e. The van der Waals surface area contributed by atoms with E-state index in [0.29, 0.717) is 0 Å². The number of hydrogen-bond donors (Lipinski definition) is 0. The fraction of sp³-hybridized carbons (Fsp3) is 0.286. The van der Waals surface area contributed by atoms with Crippen molar-refractivity contribution < 1.29 is 50.7 Å². The van der Waals surface area contributed by atoms with E-state index in [4.69, 9.17) is 0 Å². The van der Waals surface area contributed by atoms with Crippen molar-refractivity contribution in [3.8, 4) is 0 Å². The van der Waals surface area contributed by atoms with E-state index >= 15 is 0 Å². The van der Waals surface area contributed by atoms with Crippen LogP contribution in [0, 0.1) is 27.0 Å². The summed E-state index contributed by atoms with van der Waals surface area (Å²) in [4.78, 5) is 0. The van der Waals surface area contributed by atoms with Crippen LogP contribution in [-0.2, 0) is 25.8 Å². The second-order valence-corrected chi connectivity index (χ2v) is 2.93. The molecule has 2 rings (SSSR count). The molecule has 107 valence electrons. The number of halogens is 2. The number of rotatable bonds is 0. The summed E-state index contributed by atoms with van der Waals surface area (Å²) in [6.07, 6.45) is 16.7. The fourth-order valence-electron chi connectivity index (χ4n) is 1.03. The molecule has 0 unspecified atom stereocenters. The minimum atomic E-state index is 0. The van der Waals surface area contributed by atoms with Crippen LogP contribution in [-0.4, -0.2) is 11.0 Å². The second-order valence-electron chi connectivity index (χ2n) is 2.93. The molecular formula is C14H23Cl2HfSi-6. The van der Waals surface area contributed by atoms with Crippen LogP contribution in [0.2, 0.25) is 0 Å².